The number of benzene rings is 2. The number of hydrogen-bond acceptors (Lipinski definition) is 2. The van der Waals surface area contributed by atoms with E-state index in [4.69, 9.17) is 5.73 Å². The number of rotatable bonds is 7. The van der Waals surface area contributed by atoms with Crippen LogP contribution in [-0.2, 0) is 17.1 Å². The summed E-state index contributed by atoms with van der Waals surface area (Å²) >= 11 is 2.01. The van der Waals surface area contributed by atoms with E-state index in [1.165, 1.54) is 20.8 Å². The molecule has 3 heterocycles. The summed E-state index contributed by atoms with van der Waals surface area (Å²) in [5, 5.41) is 2.78. The number of fused-ring (bicyclic) bond motifs is 4. The Hall–Kier alpha value is -1.56. The molecule has 5 heteroatoms. The summed E-state index contributed by atoms with van der Waals surface area (Å²) < 4.78 is 2.10. The fourth-order valence-electron chi connectivity index (χ4n) is 5.00. The summed E-state index contributed by atoms with van der Waals surface area (Å²) in [5.74, 6) is 2.10. The smallest absolute Gasteiger partial charge is 0.272 e. The molecule has 144 valence electrons. The minimum atomic E-state index is -0.148. The highest BCUT2D eigenvalue weighted by Crippen LogP contribution is 2.33. The van der Waals surface area contributed by atoms with E-state index in [0.29, 0.717) is 6.54 Å². The van der Waals surface area contributed by atoms with Gasteiger partial charge in [0.05, 0.1) is 0 Å². The number of primary amides is 1. The molecule has 3 aliphatic rings. The number of thioether (sulfide) groups is 1. The molecule has 0 spiro atoms. The third-order valence-corrected chi connectivity index (χ3v) is 7.65. The summed E-state index contributed by atoms with van der Waals surface area (Å²) in [6, 6.07) is 13.5. The zero-order chi connectivity index (χ0) is 18.9. The van der Waals surface area contributed by atoms with E-state index in [0.717, 1.165) is 61.8 Å². The predicted octanol–water partition coefficient (Wildman–Crippen LogP) is 2.74. The first-order valence-corrected chi connectivity index (χ1v) is 11.3. The molecule has 2 aromatic rings. The van der Waals surface area contributed by atoms with E-state index in [1.54, 1.807) is 5.56 Å². The number of amides is 1. The second kappa shape index (κ2) is 7.46. The van der Waals surface area contributed by atoms with E-state index in [9.17, 15) is 4.79 Å². The van der Waals surface area contributed by atoms with Crippen molar-refractivity contribution in [3.8, 4) is 0 Å². The molecule has 2 aromatic carbocycles. The molecule has 0 saturated carbocycles. The van der Waals surface area contributed by atoms with Gasteiger partial charge in [0.2, 0.25) is 0 Å². The molecular weight excluding hydrogens is 354 g/mol. The van der Waals surface area contributed by atoms with Gasteiger partial charge >= 0.3 is 0 Å². The Kier molecular flexibility index (Phi) is 5.19. The Morgan fingerprint density at radius 1 is 1.00 bits per heavy atom. The predicted molar refractivity (Wildman–Crippen MR) is 113 cm³/mol. The Balaban J connectivity index is 1.63. The highest BCUT2D eigenvalue weighted by molar-refractivity contribution is 7.98. The fourth-order valence-corrected chi connectivity index (χ4v) is 5.69. The third-order valence-electron chi connectivity index (χ3n) is 6.73. The minimum absolute atomic E-state index is 0.148. The van der Waals surface area contributed by atoms with Crippen LogP contribution in [0.3, 0.4) is 0 Å². The molecule has 3 saturated heterocycles. The second-order valence-electron chi connectivity index (χ2n) is 8.37. The molecule has 0 atom stereocenters. The molecule has 0 unspecified atom stereocenters. The van der Waals surface area contributed by atoms with Gasteiger partial charge in [-0.1, -0.05) is 43.3 Å². The zero-order valence-corrected chi connectivity index (χ0v) is 17.1. The van der Waals surface area contributed by atoms with Gasteiger partial charge in [-0.3, -0.25) is 4.79 Å². The molecule has 3 fully saturated rings. The van der Waals surface area contributed by atoms with Crippen LogP contribution in [0.1, 0.15) is 18.1 Å². The number of piperazine rings is 3. The fraction of sp³-hybridized carbons (Fsp3) is 0.500. The molecule has 0 aromatic heterocycles. The van der Waals surface area contributed by atoms with E-state index >= 15 is 0 Å². The topological polar surface area (TPSA) is 43.1 Å². The molecule has 2 N–H and O–H groups in total. The molecular formula is C22H31N3OS+2. The summed E-state index contributed by atoms with van der Waals surface area (Å²) in [6.45, 7) is 10.6. The van der Waals surface area contributed by atoms with Gasteiger partial charge in [0.1, 0.15) is 45.8 Å². The summed E-state index contributed by atoms with van der Waals surface area (Å²) in [5.41, 5.74) is 8.57. The number of carbonyl (C=O) groups excluding carboxylic acids is 1. The van der Waals surface area contributed by atoms with E-state index in [2.05, 4.69) is 43.3 Å². The van der Waals surface area contributed by atoms with Gasteiger partial charge in [-0.05, 0) is 22.1 Å². The number of hydrogen-bond donors (Lipinski definition) is 1. The largest absolute Gasteiger partial charge is 0.365 e. The molecule has 1 amide bonds. The number of carbonyl (C=O) groups is 1. The average Bonchev–Trinajstić information content (AvgIpc) is 2.68. The lowest BCUT2D eigenvalue weighted by atomic mass is 9.96. The van der Waals surface area contributed by atoms with Crippen molar-refractivity contribution < 1.29 is 13.8 Å². The van der Waals surface area contributed by atoms with Gasteiger partial charge in [0.15, 0.2) is 6.54 Å². The molecule has 5 rings (SSSR count). The molecule has 0 radical (unpaired) electrons. The van der Waals surface area contributed by atoms with Crippen LogP contribution in [0.2, 0.25) is 0 Å². The number of nitrogens with zero attached hydrogens (tertiary/aromatic N) is 2. The van der Waals surface area contributed by atoms with E-state index in [1.807, 2.05) is 11.8 Å². The standard InChI is InChI=1S/C22H30N3OS/c1-2-27-17-19-8-7-18-5-3-4-6-20(18)21(19)15-24-9-12-25(13-10-24,14-11-24)16-22(23)26/h3-8H,2,9-17H2,1H3,(H-,23,26)/q+1/p+1. The van der Waals surface area contributed by atoms with Crippen LogP contribution >= 0.6 is 11.8 Å². The van der Waals surface area contributed by atoms with Crippen LogP contribution in [0.25, 0.3) is 10.8 Å². The van der Waals surface area contributed by atoms with Gasteiger partial charge in [-0.25, -0.2) is 0 Å². The lowest BCUT2D eigenvalue weighted by Gasteiger charge is -2.55. The van der Waals surface area contributed by atoms with E-state index in [-0.39, 0.29) is 5.91 Å². The van der Waals surface area contributed by atoms with Crippen molar-refractivity contribution in [2.75, 3.05) is 51.6 Å². The van der Waals surface area contributed by atoms with Crippen molar-refractivity contribution >= 4 is 28.4 Å². The summed E-state index contributed by atoms with van der Waals surface area (Å²) in [4.78, 5) is 11.5. The van der Waals surface area contributed by atoms with Crippen molar-refractivity contribution in [1.82, 2.24) is 0 Å². The SMILES string of the molecule is CCSCc1ccc2ccccc2c1C[N+]12CC[N+](CC(N)=O)(CC1)CC2. The van der Waals surface area contributed by atoms with Crippen molar-refractivity contribution in [2.24, 2.45) is 5.73 Å². The molecule has 2 bridgehead atoms. The quantitative estimate of drug-likeness (QED) is 0.745. The normalized spacial score (nSPS) is 27.1. The Morgan fingerprint density at radius 3 is 2.33 bits per heavy atom. The summed E-state index contributed by atoms with van der Waals surface area (Å²) in [7, 11) is 0. The van der Waals surface area contributed by atoms with Crippen molar-refractivity contribution in [3.05, 3.63) is 47.5 Å². The lowest BCUT2D eigenvalue weighted by Crippen LogP contribution is -2.75. The third kappa shape index (κ3) is 3.73. The first kappa shape index (κ1) is 18.8. The molecule has 4 nitrogen and oxygen atoms in total. The highest BCUT2D eigenvalue weighted by atomic mass is 32.2. The van der Waals surface area contributed by atoms with Crippen molar-refractivity contribution in [2.45, 2.75) is 19.2 Å². The minimum Gasteiger partial charge on any atom is -0.365 e. The molecule has 27 heavy (non-hydrogen) atoms. The van der Waals surface area contributed by atoms with Crippen LogP contribution in [0.5, 0.6) is 0 Å². The van der Waals surface area contributed by atoms with Crippen LogP contribution in [0.15, 0.2) is 36.4 Å². The molecule has 3 aliphatic heterocycles. The second-order valence-corrected chi connectivity index (χ2v) is 9.64. The van der Waals surface area contributed by atoms with Gasteiger partial charge < -0.3 is 14.7 Å². The summed E-state index contributed by atoms with van der Waals surface area (Å²) in [6.07, 6.45) is 0. The number of quaternary nitrogens is 2. The van der Waals surface area contributed by atoms with Crippen LogP contribution in [-0.4, -0.2) is 66.4 Å². The van der Waals surface area contributed by atoms with Crippen LogP contribution < -0.4 is 5.73 Å². The Labute approximate surface area is 166 Å². The maximum absolute atomic E-state index is 11.5. The highest BCUT2D eigenvalue weighted by Gasteiger charge is 2.49. The average molecular weight is 386 g/mol. The van der Waals surface area contributed by atoms with Gasteiger partial charge in [0.25, 0.3) is 5.91 Å². The Morgan fingerprint density at radius 2 is 1.67 bits per heavy atom. The first-order chi connectivity index (χ1) is 13.0. The zero-order valence-electron chi connectivity index (χ0n) is 16.3. The van der Waals surface area contributed by atoms with Gasteiger partial charge in [-0.2, -0.15) is 11.8 Å². The van der Waals surface area contributed by atoms with Crippen LogP contribution in [0.4, 0.5) is 0 Å². The van der Waals surface area contributed by atoms with Gasteiger partial charge in [0, 0.05) is 11.3 Å². The van der Waals surface area contributed by atoms with Crippen molar-refractivity contribution in [1.29, 1.82) is 0 Å². The van der Waals surface area contributed by atoms with Crippen molar-refractivity contribution in [3.63, 3.8) is 0 Å². The monoisotopic (exact) mass is 385 g/mol. The number of nitrogens with two attached hydrogens (primary N) is 1. The van der Waals surface area contributed by atoms with E-state index < -0.39 is 0 Å². The maximum Gasteiger partial charge on any atom is 0.272 e. The lowest BCUT2D eigenvalue weighted by molar-refractivity contribution is -1.08. The molecule has 0 aliphatic carbocycles. The Bertz CT molecular complexity index is 826. The van der Waals surface area contributed by atoms with Crippen LogP contribution in [0, 0.1) is 0 Å². The first-order valence-electron chi connectivity index (χ1n) is 10.1. The maximum atomic E-state index is 11.5. The van der Waals surface area contributed by atoms with Gasteiger partial charge in [-0.15, -0.1) is 0 Å².